The number of nitrogens with one attached hydrogen (secondary N) is 1. The van der Waals surface area contributed by atoms with Crippen LogP contribution in [0.15, 0.2) is 47.6 Å². The number of hydrogen-bond acceptors (Lipinski definition) is 6. The number of benzene rings is 2. The van der Waals surface area contributed by atoms with Crippen molar-refractivity contribution in [3.63, 3.8) is 0 Å². The molecule has 0 fully saturated rings. The van der Waals surface area contributed by atoms with Crippen LogP contribution >= 0.6 is 0 Å². The maximum atomic E-state index is 11.9. The van der Waals surface area contributed by atoms with Crippen LogP contribution in [0.25, 0.3) is 0 Å². The second-order valence-electron chi connectivity index (χ2n) is 4.85. The molecule has 1 N–H and O–H groups in total. The Kier molecular flexibility index (Phi) is 6.65. The van der Waals surface area contributed by atoms with Gasteiger partial charge in [-0.2, -0.15) is 5.10 Å². The van der Waals surface area contributed by atoms with E-state index in [1.165, 1.54) is 20.4 Å². The van der Waals surface area contributed by atoms with Gasteiger partial charge in [-0.25, -0.2) is 5.43 Å². The first-order valence-corrected chi connectivity index (χ1v) is 7.47. The Morgan fingerprint density at radius 2 is 1.64 bits per heavy atom. The molecule has 0 saturated carbocycles. The zero-order valence-electron chi connectivity index (χ0n) is 14.3. The molecule has 2 aromatic carbocycles. The van der Waals surface area contributed by atoms with E-state index in [0.717, 1.165) is 11.3 Å². The minimum absolute atomic E-state index is 0.226. The van der Waals surface area contributed by atoms with E-state index in [1.54, 1.807) is 37.4 Å². The van der Waals surface area contributed by atoms with Gasteiger partial charge < -0.3 is 18.9 Å². The minimum Gasteiger partial charge on any atom is -0.497 e. The van der Waals surface area contributed by atoms with Gasteiger partial charge in [0.25, 0.3) is 5.91 Å². The van der Waals surface area contributed by atoms with E-state index < -0.39 is 5.91 Å². The third kappa shape index (κ3) is 5.13. The topological polar surface area (TPSA) is 78.4 Å². The normalized spacial score (nSPS) is 10.4. The van der Waals surface area contributed by atoms with Crippen LogP contribution in [0.1, 0.15) is 5.56 Å². The predicted molar refractivity (Wildman–Crippen MR) is 93.8 cm³/mol. The van der Waals surface area contributed by atoms with Crippen LogP contribution < -0.4 is 24.4 Å². The summed E-state index contributed by atoms with van der Waals surface area (Å²) in [5, 5.41) is 3.89. The van der Waals surface area contributed by atoms with E-state index in [4.69, 9.17) is 18.9 Å². The van der Waals surface area contributed by atoms with E-state index in [-0.39, 0.29) is 6.61 Å². The maximum Gasteiger partial charge on any atom is 0.277 e. The molecule has 0 saturated heterocycles. The summed E-state index contributed by atoms with van der Waals surface area (Å²) in [5.74, 6) is 1.67. The summed E-state index contributed by atoms with van der Waals surface area (Å²) in [5.41, 5.74) is 3.22. The molecule has 0 unspecified atom stereocenters. The number of carbonyl (C=O) groups excluding carboxylic acids is 1. The van der Waals surface area contributed by atoms with Gasteiger partial charge in [-0.3, -0.25) is 4.79 Å². The van der Waals surface area contributed by atoms with Gasteiger partial charge in [-0.15, -0.1) is 0 Å². The third-order valence-electron chi connectivity index (χ3n) is 3.25. The molecule has 0 aliphatic rings. The number of carbonyl (C=O) groups is 1. The van der Waals surface area contributed by atoms with E-state index >= 15 is 0 Å². The number of rotatable bonds is 8. The largest absolute Gasteiger partial charge is 0.497 e. The number of amides is 1. The highest BCUT2D eigenvalue weighted by Crippen LogP contribution is 2.36. The van der Waals surface area contributed by atoms with Crippen molar-refractivity contribution in [1.82, 2.24) is 5.43 Å². The lowest BCUT2D eigenvalue weighted by Crippen LogP contribution is -2.24. The van der Waals surface area contributed by atoms with E-state index in [9.17, 15) is 4.79 Å². The van der Waals surface area contributed by atoms with Crippen molar-refractivity contribution >= 4 is 12.1 Å². The molecular weight excluding hydrogens is 324 g/mol. The summed E-state index contributed by atoms with van der Waals surface area (Å²) in [6.07, 6.45) is 1.53. The molecule has 2 rings (SSSR count). The van der Waals surface area contributed by atoms with Crippen LogP contribution in [0, 0.1) is 0 Å². The highest BCUT2D eigenvalue weighted by molar-refractivity contribution is 5.83. The van der Waals surface area contributed by atoms with Gasteiger partial charge >= 0.3 is 0 Å². The number of para-hydroxylation sites is 1. The van der Waals surface area contributed by atoms with Crippen molar-refractivity contribution in [3.8, 4) is 23.0 Å². The molecular formula is C18H20N2O5. The molecule has 7 heteroatoms. The van der Waals surface area contributed by atoms with Crippen molar-refractivity contribution in [1.29, 1.82) is 0 Å². The highest BCUT2D eigenvalue weighted by atomic mass is 16.5. The van der Waals surface area contributed by atoms with Crippen molar-refractivity contribution in [2.45, 2.75) is 0 Å². The summed E-state index contributed by atoms with van der Waals surface area (Å²) in [6.45, 7) is -0.226. The third-order valence-corrected chi connectivity index (χ3v) is 3.25. The summed E-state index contributed by atoms with van der Waals surface area (Å²) in [4.78, 5) is 11.9. The monoisotopic (exact) mass is 344 g/mol. The number of ether oxygens (including phenoxy) is 4. The quantitative estimate of drug-likeness (QED) is 0.587. The van der Waals surface area contributed by atoms with Crippen molar-refractivity contribution in [3.05, 3.63) is 48.0 Å². The van der Waals surface area contributed by atoms with Gasteiger partial charge in [0.1, 0.15) is 5.75 Å². The zero-order valence-corrected chi connectivity index (χ0v) is 14.3. The fourth-order valence-electron chi connectivity index (χ4n) is 2.00. The summed E-state index contributed by atoms with van der Waals surface area (Å²) in [6, 6.07) is 12.5. The lowest BCUT2D eigenvalue weighted by atomic mass is 10.2. The molecule has 0 aromatic heterocycles. The second kappa shape index (κ2) is 9.17. The molecule has 2 aromatic rings. The van der Waals surface area contributed by atoms with Crippen molar-refractivity contribution in [2.75, 3.05) is 27.9 Å². The Morgan fingerprint density at radius 3 is 2.20 bits per heavy atom. The first-order chi connectivity index (χ1) is 12.2. The Hall–Kier alpha value is -3.22. The molecule has 0 radical (unpaired) electrons. The maximum absolute atomic E-state index is 11.9. The first kappa shape index (κ1) is 18.1. The lowest BCUT2D eigenvalue weighted by Gasteiger charge is -2.13. The Balaban J connectivity index is 1.89. The van der Waals surface area contributed by atoms with Crippen LogP contribution in [0.5, 0.6) is 23.0 Å². The average molecular weight is 344 g/mol. The molecule has 0 aliphatic heterocycles. The van der Waals surface area contributed by atoms with Gasteiger partial charge in [0, 0.05) is 0 Å². The zero-order chi connectivity index (χ0) is 18.1. The van der Waals surface area contributed by atoms with E-state index in [2.05, 4.69) is 10.5 Å². The predicted octanol–water partition coefficient (Wildman–Crippen LogP) is 2.24. The molecule has 7 nitrogen and oxygen atoms in total. The molecule has 0 heterocycles. The first-order valence-electron chi connectivity index (χ1n) is 7.47. The Labute approximate surface area is 146 Å². The van der Waals surface area contributed by atoms with Crippen LogP contribution in [0.3, 0.4) is 0 Å². The summed E-state index contributed by atoms with van der Waals surface area (Å²) in [7, 11) is 4.63. The molecule has 132 valence electrons. The Morgan fingerprint density at radius 1 is 1.00 bits per heavy atom. The highest BCUT2D eigenvalue weighted by Gasteiger charge is 2.12. The summed E-state index contributed by atoms with van der Waals surface area (Å²) < 4.78 is 21.0. The summed E-state index contributed by atoms with van der Waals surface area (Å²) >= 11 is 0. The molecule has 25 heavy (non-hydrogen) atoms. The molecule has 0 atom stereocenters. The van der Waals surface area contributed by atoms with Gasteiger partial charge in [-0.05, 0) is 42.0 Å². The Bertz CT molecular complexity index is 706. The fraction of sp³-hybridized carbons (Fsp3) is 0.222. The molecule has 1 amide bonds. The average Bonchev–Trinajstić information content (AvgIpc) is 2.66. The van der Waals surface area contributed by atoms with Crippen LogP contribution in [-0.2, 0) is 4.79 Å². The lowest BCUT2D eigenvalue weighted by molar-refractivity contribution is -0.123. The standard InChI is InChI=1S/C18H20N2O5/c1-22-14-9-7-13(8-10-14)11-19-20-17(21)12-25-18-15(23-2)5-4-6-16(18)24-3/h4-11H,12H2,1-3H3,(H,20,21)/b19-11+. The van der Waals surface area contributed by atoms with E-state index in [1.807, 2.05) is 12.1 Å². The minimum atomic E-state index is -0.405. The van der Waals surface area contributed by atoms with Crippen LogP contribution in [-0.4, -0.2) is 40.1 Å². The van der Waals surface area contributed by atoms with Crippen molar-refractivity contribution < 1.29 is 23.7 Å². The van der Waals surface area contributed by atoms with Crippen molar-refractivity contribution in [2.24, 2.45) is 5.10 Å². The fourth-order valence-corrected chi connectivity index (χ4v) is 2.00. The van der Waals surface area contributed by atoms with Gasteiger partial charge in [0.2, 0.25) is 5.75 Å². The molecule has 0 spiro atoms. The number of methoxy groups -OCH3 is 3. The van der Waals surface area contributed by atoms with E-state index in [0.29, 0.717) is 17.2 Å². The van der Waals surface area contributed by atoms with Crippen LogP contribution in [0.4, 0.5) is 0 Å². The number of nitrogens with zero attached hydrogens (tertiary/aromatic N) is 1. The second-order valence-corrected chi connectivity index (χ2v) is 4.85. The molecule has 0 aliphatic carbocycles. The number of hydrogen-bond donors (Lipinski definition) is 1. The molecule has 0 bridgehead atoms. The smallest absolute Gasteiger partial charge is 0.277 e. The van der Waals surface area contributed by atoms with Gasteiger partial charge in [0.05, 0.1) is 27.5 Å². The van der Waals surface area contributed by atoms with Gasteiger partial charge in [0.15, 0.2) is 18.1 Å². The SMILES string of the molecule is COc1ccc(/C=N/NC(=O)COc2c(OC)cccc2OC)cc1. The number of hydrazone groups is 1. The van der Waals surface area contributed by atoms with Crippen LogP contribution in [0.2, 0.25) is 0 Å². The van der Waals surface area contributed by atoms with Gasteiger partial charge in [-0.1, -0.05) is 6.07 Å².